The van der Waals surface area contributed by atoms with Crippen molar-refractivity contribution in [3.63, 3.8) is 0 Å². The van der Waals surface area contributed by atoms with E-state index in [1.165, 1.54) is 0 Å². The first-order valence-electron chi connectivity index (χ1n) is 7.45. The summed E-state index contributed by atoms with van der Waals surface area (Å²) in [4.78, 5) is 9.20. The molecule has 0 spiro atoms. The minimum atomic E-state index is 0.325. The van der Waals surface area contributed by atoms with Crippen molar-refractivity contribution in [2.24, 2.45) is 15.9 Å². The molecule has 0 radical (unpaired) electrons. The molecule has 23 heavy (non-hydrogen) atoms. The lowest BCUT2D eigenvalue weighted by Crippen LogP contribution is -2.26. The molecule has 0 aliphatic carbocycles. The summed E-state index contributed by atoms with van der Waals surface area (Å²) in [5, 5.41) is 4.10. The quantitative estimate of drug-likeness (QED) is 0.485. The molecule has 0 aromatic heterocycles. The highest BCUT2D eigenvalue weighted by molar-refractivity contribution is 6.47. The summed E-state index contributed by atoms with van der Waals surface area (Å²) < 4.78 is 5.82. The number of ether oxygens (including phenoxy) is 1. The molecule has 0 fully saturated rings. The molecule has 0 saturated heterocycles. The van der Waals surface area contributed by atoms with Gasteiger partial charge in [0.15, 0.2) is 5.71 Å². The van der Waals surface area contributed by atoms with Gasteiger partial charge < -0.3 is 15.3 Å². The third-order valence-corrected chi connectivity index (χ3v) is 3.18. The fourth-order valence-corrected chi connectivity index (χ4v) is 2.02. The molecular weight excluding hydrogens is 290 g/mol. The number of amidine groups is 1. The van der Waals surface area contributed by atoms with Gasteiger partial charge in [-0.25, -0.2) is 0 Å². The van der Waals surface area contributed by atoms with E-state index in [4.69, 9.17) is 15.3 Å². The third kappa shape index (κ3) is 4.57. The van der Waals surface area contributed by atoms with Crippen LogP contribution < -0.4 is 10.5 Å². The molecule has 2 aromatic carbocycles. The first-order chi connectivity index (χ1) is 11.3. The average Bonchev–Trinajstić information content (AvgIpc) is 2.61. The zero-order chi connectivity index (χ0) is 16.5. The number of nitrogens with zero attached hydrogens (tertiary/aromatic N) is 2. The molecular formula is C18H21N3O2. The Hall–Kier alpha value is -2.82. The molecule has 0 unspecified atom stereocenters. The van der Waals surface area contributed by atoms with Gasteiger partial charge in [-0.3, -0.25) is 4.99 Å². The van der Waals surface area contributed by atoms with Crippen LogP contribution in [0.15, 0.2) is 64.7 Å². The number of para-hydroxylation sites is 1. The van der Waals surface area contributed by atoms with Crippen molar-refractivity contribution in [1.29, 1.82) is 0 Å². The Morgan fingerprint density at radius 1 is 1.04 bits per heavy atom. The number of hydrogen-bond donors (Lipinski definition) is 1. The fraction of sp³-hybridized carbons (Fsp3) is 0.222. The topological polar surface area (TPSA) is 69.2 Å². The largest absolute Gasteiger partial charge is 0.489 e. The fourth-order valence-electron chi connectivity index (χ4n) is 2.02. The van der Waals surface area contributed by atoms with Gasteiger partial charge in [-0.1, -0.05) is 47.6 Å². The standard InChI is InChI=1S/C18H21N3O2/c1-3-23-21-17(18(19)20-2)16-12-8-7-9-14(16)13-22-15-10-5-4-6-11-15/h4-12H,3,13H2,1-2H3,(H2,19,20). The summed E-state index contributed by atoms with van der Waals surface area (Å²) in [6.07, 6.45) is 0. The lowest BCUT2D eigenvalue weighted by molar-refractivity contribution is 0.159. The molecule has 0 aliphatic heterocycles. The molecule has 5 nitrogen and oxygen atoms in total. The van der Waals surface area contributed by atoms with E-state index >= 15 is 0 Å². The number of benzene rings is 2. The van der Waals surface area contributed by atoms with Crippen molar-refractivity contribution in [2.75, 3.05) is 13.7 Å². The van der Waals surface area contributed by atoms with Crippen LogP contribution in [0.4, 0.5) is 0 Å². The molecule has 5 heteroatoms. The lowest BCUT2D eigenvalue weighted by Gasteiger charge is -2.12. The Morgan fingerprint density at radius 3 is 2.43 bits per heavy atom. The molecule has 0 aliphatic rings. The van der Waals surface area contributed by atoms with E-state index < -0.39 is 0 Å². The first-order valence-corrected chi connectivity index (χ1v) is 7.45. The smallest absolute Gasteiger partial charge is 0.152 e. The zero-order valence-electron chi connectivity index (χ0n) is 13.4. The van der Waals surface area contributed by atoms with Crippen LogP contribution in [0.5, 0.6) is 5.75 Å². The van der Waals surface area contributed by atoms with Crippen molar-refractivity contribution in [2.45, 2.75) is 13.5 Å². The van der Waals surface area contributed by atoms with Gasteiger partial charge in [-0.15, -0.1) is 0 Å². The SMILES string of the molecule is CCON=C(C(N)=NC)c1ccccc1COc1ccccc1. The van der Waals surface area contributed by atoms with Gasteiger partial charge in [0.25, 0.3) is 0 Å². The average molecular weight is 311 g/mol. The maximum absolute atomic E-state index is 5.96. The molecule has 0 amide bonds. The second kappa shape index (κ2) is 8.58. The van der Waals surface area contributed by atoms with Gasteiger partial charge in [-0.05, 0) is 24.6 Å². The highest BCUT2D eigenvalue weighted by atomic mass is 16.6. The number of hydrogen-bond acceptors (Lipinski definition) is 4. The highest BCUT2D eigenvalue weighted by Gasteiger charge is 2.14. The van der Waals surface area contributed by atoms with Crippen LogP contribution in [0.1, 0.15) is 18.1 Å². The molecule has 0 heterocycles. The maximum atomic E-state index is 5.96. The molecule has 2 rings (SSSR count). The van der Waals surface area contributed by atoms with Gasteiger partial charge in [0.2, 0.25) is 0 Å². The second-order valence-electron chi connectivity index (χ2n) is 4.73. The number of oxime groups is 1. The van der Waals surface area contributed by atoms with Crippen LogP contribution in [0, 0.1) is 0 Å². The van der Waals surface area contributed by atoms with Gasteiger partial charge in [0, 0.05) is 12.6 Å². The molecule has 2 aromatic rings. The Kier molecular flexibility index (Phi) is 6.17. The van der Waals surface area contributed by atoms with Gasteiger partial charge in [-0.2, -0.15) is 0 Å². The number of nitrogens with two attached hydrogens (primary N) is 1. The van der Waals surface area contributed by atoms with Crippen LogP contribution in [0.2, 0.25) is 0 Å². The summed E-state index contributed by atoms with van der Waals surface area (Å²) in [5.74, 6) is 1.13. The second-order valence-corrected chi connectivity index (χ2v) is 4.73. The van der Waals surface area contributed by atoms with Crippen LogP contribution in [-0.4, -0.2) is 25.2 Å². The van der Waals surface area contributed by atoms with Gasteiger partial charge in [0.1, 0.15) is 24.8 Å². The molecule has 0 atom stereocenters. The Labute approximate surface area is 136 Å². The maximum Gasteiger partial charge on any atom is 0.152 e. The van der Waals surface area contributed by atoms with Crippen LogP contribution in [0.3, 0.4) is 0 Å². The van der Waals surface area contributed by atoms with Crippen molar-refractivity contribution in [3.05, 3.63) is 65.7 Å². The molecule has 0 saturated carbocycles. The van der Waals surface area contributed by atoms with Crippen molar-refractivity contribution < 1.29 is 9.57 Å². The van der Waals surface area contributed by atoms with E-state index in [1.807, 2.05) is 61.5 Å². The highest BCUT2D eigenvalue weighted by Crippen LogP contribution is 2.16. The van der Waals surface area contributed by atoms with E-state index in [1.54, 1.807) is 7.05 Å². The summed E-state index contributed by atoms with van der Waals surface area (Å²) in [5.41, 5.74) is 8.29. The Balaban J connectivity index is 2.28. The van der Waals surface area contributed by atoms with E-state index in [-0.39, 0.29) is 0 Å². The Morgan fingerprint density at radius 2 is 1.74 bits per heavy atom. The molecule has 2 N–H and O–H groups in total. The monoisotopic (exact) mass is 311 g/mol. The van der Waals surface area contributed by atoms with E-state index in [0.717, 1.165) is 16.9 Å². The van der Waals surface area contributed by atoms with Crippen molar-refractivity contribution in [3.8, 4) is 5.75 Å². The number of aliphatic imine (C=N–C) groups is 1. The van der Waals surface area contributed by atoms with Crippen LogP contribution in [-0.2, 0) is 11.4 Å². The molecule has 0 bridgehead atoms. The van der Waals surface area contributed by atoms with Crippen molar-refractivity contribution >= 4 is 11.5 Å². The van der Waals surface area contributed by atoms with Crippen LogP contribution >= 0.6 is 0 Å². The van der Waals surface area contributed by atoms with Crippen molar-refractivity contribution in [1.82, 2.24) is 0 Å². The normalized spacial score (nSPS) is 12.1. The minimum absolute atomic E-state index is 0.325. The van der Waals surface area contributed by atoms with E-state index in [2.05, 4.69) is 10.1 Å². The van der Waals surface area contributed by atoms with Crippen LogP contribution in [0.25, 0.3) is 0 Å². The molecule has 120 valence electrons. The number of rotatable bonds is 7. The van der Waals surface area contributed by atoms with E-state index in [9.17, 15) is 0 Å². The summed E-state index contributed by atoms with van der Waals surface area (Å²) in [6, 6.07) is 17.4. The third-order valence-electron chi connectivity index (χ3n) is 3.18. The summed E-state index contributed by atoms with van der Waals surface area (Å²) >= 11 is 0. The predicted octanol–water partition coefficient (Wildman–Crippen LogP) is 2.99. The first kappa shape index (κ1) is 16.5. The Bertz CT molecular complexity index is 682. The minimum Gasteiger partial charge on any atom is -0.489 e. The van der Waals surface area contributed by atoms with Gasteiger partial charge in [0.05, 0.1) is 0 Å². The summed E-state index contributed by atoms with van der Waals surface area (Å²) in [6.45, 7) is 2.73. The lowest BCUT2D eigenvalue weighted by atomic mass is 10.0. The van der Waals surface area contributed by atoms with Gasteiger partial charge >= 0.3 is 0 Å². The van der Waals surface area contributed by atoms with E-state index in [0.29, 0.717) is 24.8 Å². The summed E-state index contributed by atoms with van der Waals surface area (Å²) in [7, 11) is 1.62. The predicted molar refractivity (Wildman–Crippen MR) is 92.9 cm³/mol. The zero-order valence-corrected chi connectivity index (χ0v) is 13.4.